The van der Waals surface area contributed by atoms with Crippen LogP contribution in [0.2, 0.25) is 0 Å². The maximum absolute atomic E-state index is 13.4. The third kappa shape index (κ3) is 4.78. The normalized spacial score (nSPS) is 16.1. The Bertz CT molecular complexity index is 1240. The quantitative estimate of drug-likeness (QED) is 0.569. The molecule has 0 aromatic carbocycles. The predicted molar refractivity (Wildman–Crippen MR) is 117 cm³/mol. The Morgan fingerprint density at radius 2 is 1.91 bits per heavy atom. The molecule has 0 saturated carbocycles. The second-order valence-electron chi connectivity index (χ2n) is 7.87. The smallest absolute Gasteiger partial charge is 0.280 e. The van der Waals surface area contributed by atoms with E-state index in [4.69, 9.17) is 0 Å². The minimum absolute atomic E-state index is 0.00631. The van der Waals surface area contributed by atoms with E-state index in [1.807, 2.05) is 6.92 Å². The second kappa shape index (κ2) is 8.54. The third-order valence-corrected chi connectivity index (χ3v) is 6.62. The molecule has 4 heterocycles. The number of nitrogens with one attached hydrogen (secondary N) is 2. The number of alkyl halides is 2. The van der Waals surface area contributed by atoms with Crippen LogP contribution in [0, 0.1) is 6.92 Å². The Balaban J connectivity index is 1.62. The number of nitrogens with zero attached hydrogens (tertiary/aromatic N) is 6. The molecule has 13 heteroatoms. The molecule has 1 fully saturated rings. The van der Waals surface area contributed by atoms with Crippen LogP contribution in [0.25, 0.3) is 10.9 Å². The zero-order valence-corrected chi connectivity index (χ0v) is 18.7. The number of fused-ring (bicyclic) bond motifs is 1. The van der Waals surface area contributed by atoms with Gasteiger partial charge in [-0.15, -0.1) is 0 Å². The fourth-order valence-corrected chi connectivity index (χ4v) is 4.56. The van der Waals surface area contributed by atoms with E-state index in [1.54, 1.807) is 17.9 Å². The Morgan fingerprint density at radius 1 is 1.19 bits per heavy atom. The minimum atomic E-state index is -3.21. The number of piperidine rings is 1. The summed E-state index contributed by atoms with van der Waals surface area (Å²) in [5.41, 5.74) is 0.825. The number of aryl methyl sites for hydroxylation is 2. The molecule has 0 bridgehead atoms. The maximum Gasteiger partial charge on any atom is 0.280 e. The van der Waals surface area contributed by atoms with Gasteiger partial charge < -0.3 is 10.6 Å². The van der Waals surface area contributed by atoms with Crippen molar-refractivity contribution in [3.63, 3.8) is 0 Å². The molecule has 172 valence electrons. The molecule has 0 unspecified atom stereocenters. The van der Waals surface area contributed by atoms with Crippen LogP contribution in [0.4, 0.5) is 26.4 Å². The Kier molecular flexibility index (Phi) is 5.95. The number of rotatable bonds is 6. The number of anilines is 3. The molecule has 1 aliphatic heterocycles. The van der Waals surface area contributed by atoms with Crippen LogP contribution in [0.1, 0.15) is 30.5 Å². The molecule has 32 heavy (non-hydrogen) atoms. The number of halogens is 2. The van der Waals surface area contributed by atoms with E-state index in [1.165, 1.54) is 22.8 Å². The van der Waals surface area contributed by atoms with Crippen LogP contribution in [-0.2, 0) is 17.1 Å². The predicted octanol–water partition coefficient (Wildman–Crippen LogP) is 2.58. The summed E-state index contributed by atoms with van der Waals surface area (Å²) in [5, 5.41) is 11.0. The molecular formula is C19H24F2N8O2S. The Morgan fingerprint density at radius 3 is 2.50 bits per heavy atom. The summed E-state index contributed by atoms with van der Waals surface area (Å²) in [6, 6.07) is 1.26. The Labute approximate surface area is 184 Å². The van der Waals surface area contributed by atoms with Gasteiger partial charge in [-0.05, 0) is 25.8 Å². The molecule has 1 saturated heterocycles. The fraction of sp³-hybridized carbons (Fsp3) is 0.474. The maximum atomic E-state index is 13.4. The largest absolute Gasteiger partial charge is 0.351 e. The number of pyridine rings is 1. The zero-order chi connectivity index (χ0) is 23.0. The van der Waals surface area contributed by atoms with Gasteiger partial charge in [0.15, 0.2) is 11.6 Å². The number of aromatic nitrogens is 5. The average Bonchev–Trinajstić information content (AvgIpc) is 3.04. The molecule has 3 aromatic rings. The van der Waals surface area contributed by atoms with E-state index in [0.717, 1.165) is 5.56 Å². The van der Waals surface area contributed by atoms with Crippen LogP contribution in [-0.4, -0.2) is 62.8 Å². The minimum Gasteiger partial charge on any atom is -0.351 e. The first kappa shape index (κ1) is 22.3. The molecular weight excluding hydrogens is 442 g/mol. The zero-order valence-electron chi connectivity index (χ0n) is 17.9. The summed E-state index contributed by atoms with van der Waals surface area (Å²) in [4.78, 5) is 12.8. The first-order valence-electron chi connectivity index (χ1n) is 10.0. The van der Waals surface area contributed by atoms with Gasteiger partial charge in [0.1, 0.15) is 11.2 Å². The van der Waals surface area contributed by atoms with Crippen molar-refractivity contribution in [1.29, 1.82) is 0 Å². The van der Waals surface area contributed by atoms with E-state index in [2.05, 4.69) is 30.7 Å². The topological polar surface area (TPSA) is 118 Å². The summed E-state index contributed by atoms with van der Waals surface area (Å²) in [7, 11) is -1.45. The van der Waals surface area contributed by atoms with Gasteiger partial charge in [0.05, 0.1) is 6.26 Å². The molecule has 2 N–H and O–H groups in total. The number of hydrogen-bond acceptors (Lipinski definition) is 8. The van der Waals surface area contributed by atoms with Crippen molar-refractivity contribution in [2.24, 2.45) is 7.05 Å². The lowest BCUT2D eigenvalue weighted by atomic mass is 10.1. The number of hydrogen-bond donors (Lipinski definition) is 2. The van der Waals surface area contributed by atoms with Crippen molar-refractivity contribution in [2.75, 3.05) is 30.0 Å². The summed E-state index contributed by atoms with van der Waals surface area (Å²) in [6.07, 6.45) is 2.94. The van der Waals surface area contributed by atoms with Gasteiger partial charge in [-0.3, -0.25) is 4.68 Å². The van der Waals surface area contributed by atoms with E-state index in [-0.39, 0.29) is 17.6 Å². The van der Waals surface area contributed by atoms with Gasteiger partial charge in [0, 0.05) is 49.5 Å². The molecule has 3 aromatic heterocycles. The molecule has 0 amide bonds. The molecule has 4 rings (SSSR count). The lowest BCUT2D eigenvalue weighted by molar-refractivity contribution is 0.146. The molecule has 0 spiro atoms. The monoisotopic (exact) mass is 466 g/mol. The molecule has 1 aliphatic rings. The van der Waals surface area contributed by atoms with Crippen LogP contribution in [0.3, 0.4) is 0 Å². The van der Waals surface area contributed by atoms with E-state index < -0.39 is 16.4 Å². The molecule has 10 nitrogen and oxygen atoms in total. The second-order valence-corrected chi connectivity index (χ2v) is 9.85. The molecule has 0 radical (unpaired) electrons. The highest BCUT2D eigenvalue weighted by molar-refractivity contribution is 7.88. The van der Waals surface area contributed by atoms with Gasteiger partial charge in [-0.25, -0.2) is 36.5 Å². The lowest BCUT2D eigenvalue weighted by Gasteiger charge is -2.30. The van der Waals surface area contributed by atoms with Gasteiger partial charge in [0.2, 0.25) is 16.0 Å². The van der Waals surface area contributed by atoms with Crippen LogP contribution in [0.15, 0.2) is 18.5 Å². The van der Waals surface area contributed by atoms with Gasteiger partial charge in [-0.2, -0.15) is 5.10 Å². The SMILES string of the molecule is Cc1cn(C)nc1Nc1nc(C(F)F)cc2cnc(NC3CCN(S(C)(=O)=O)CC3)nc12. The highest BCUT2D eigenvalue weighted by atomic mass is 32.2. The summed E-state index contributed by atoms with van der Waals surface area (Å²) in [6.45, 7) is 2.67. The van der Waals surface area contributed by atoms with Crippen molar-refractivity contribution in [3.8, 4) is 0 Å². The van der Waals surface area contributed by atoms with Crippen LogP contribution in [0.5, 0.6) is 0 Å². The first-order valence-corrected chi connectivity index (χ1v) is 11.9. The average molecular weight is 467 g/mol. The van der Waals surface area contributed by atoms with E-state index in [0.29, 0.717) is 48.6 Å². The third-order valence-electron chi connectivity index (χ3n) is 5.31. The number of sulfonamides is 1. The summed E-state index contributed by atoms with van der Waals surface area (Å²) < 4.78 is 53.2. The van der Waals surface area contributed by atoms with Gasteiger partial charge in [-0.1, -0.05) is 0 Å². The van der Waals surface area contributed by atoms with Crippen LogP contribution < -0.4 is 10.6 Å². The lowest BCUT2D eigenvalue weighted by Crippen LogP contribution is -2.42. The highest BCUT2D eigenvalue weighted by Crippen LogP contribution is 2.29. The van der Waals surface area contributed by atoms with Crippen molar-refractivity contribution in [1.82, 2.24) is 29.0 Å². The van der Waals surface area contributed by atoms with Crippen LogP contribution >= 0.6 is 0 Å². The summed E-state index contributed by atoms with van der Waals surface area (Å²) >= 11 is 0. The fourth-order valence-electron chi connectivity index (χ4n) is 3.69. The molecule has 0 aliphatic carbocycles. The van der Waals surface area contributed by atoms with E-state index >= 15 is 0 Å². The Hall–Kier alpha value is -2.93. The van der Waals surface area contributed by atoms with Crippen molar-refractivity contribution in [2.45, 2.75) is 32.2 Å². The van der Waals surface area contributed by atoms with Crippen molar-refractivity contribution >= 4 is 38.5 Å². The van der Waals surface area contributed by atoms with Crippen molar-refractivity contribution < 1.29 is 17.2 Å². The van der Waals surface area contributed by atoms with Gasteiger partial charge >= 0.3 is 0 Å². The summed E-state index contributed by atoms with van der Waals surface area (Å²) in [5.74, 6) is 0.980. The standard InChI is InChI=1S/C19H24F2N8O2S/c1-11-10-28(2)27-17(11)26-18-15-12(8-14(24-18)16(20)21)9-22-19(25-15)23-13-4-6-29(7-5-13)32(3,30)31/h8-10,13,16H,4-7H2,1-3H3,(H,22,23,25)(H,24,26,27). The van der Waals surface area contributed by atoms with Gasteiger partial charge in [0.25, 0.3) is 6.43 Å². The van der Waals surface area contributed by atoms with Crippen molar-refractivity contribution in [3.05, 3.63) is 29.7 Å². The first-order chi connectivity index (χ1) is 15.1. The highest BCUT2D eigenvalue weighted by Gasteiger charge is 2.25. The van der Waals surface area contributed by atoms with E-state index in [9.17, 15) is 17.2 Å². The molecule has 0 atom stereocenters.